The van der Waals surface area contributed by atoms with Crippen LogP contribution in [0.4, 0.5) is 0 Å². The molecule has 0 heterocycles. The SMILES string of the molecule is CCCCCC/N=C/c1ccc(OCc2ccccc2)cc1. The maximum atomic E-state index is 5.77. The molecule has 116 valence electrons. The van der Waals surface area contributed by atoms with Crippen LogP contribution in [-0.2, 0) is 6.61 Å². The first-order valence-electron chi connectivity index (χ1n) is 8.15. The van der Waals surface area contributed by atoms with E-state index in [0.717, 1.165) is 17.9 Å². The van der Waals surface area contributed by atoms with Crippen molar-refractivity contribution in [3.63, 3.8) is 0 Å². The van der Waals surface area contributed by atoms with Crippen molar-refractivity contribution in [2.75, 3.05) is 6.54 Å². The molecule has 0 fully saturated rings. The van der Waals surface area contributed by atoms with Crippen molar-refractivity contribution >= 4 is 6.21 Å². The van der Waals surface area contributed by atoms with Gasteiger partial charge in [-0.2, -0.15) is 0 Å². The van der Waals surface area contributed by atoms with Gasteiger partial charge in [0, 0.05) is 12.8 Å². The summed E-state index contributed by atoms with van der Waals surface area (Å²) >= 11 is 0. The summed E-state index contributed by atoms with van der Waals surface area (Å²) in [5.41, 5.74) is 2.31. The highest BCUT2D eigenvalue weighted by atomic mass is 16.5. The second kappa shape index (κ2) is 9.78. The summed E-state index contributed by atoms with van der Waals surface area (Å²) in [6.45, 7) is 3.75. The molecule has 2 aromatic carbocycles. The first-order chi connectivity index (χ1) is 10.9. The van der Waals surface area contributed by atoms with E-state index in [1.165, 1.54) is 31.2 Å². The van der Waals surface area contributed by atoms with E-state index >= 15 is 0 Å². The van der Waals surface area contributed by atoms with Crippen LogP contribution in [0, 0.1) is 0 Å². The van der Waals surface area contributed by atoms with Gasteiger partial charge in [0.25, 0.3) is 0 Å². The fourth-order valence-electron chi connectivity index (χ4n) is 2.19. The number of benzene rings is 2. The summed E-state index contributed by atoms with van der Waals surface area (Å²) in [7, 11) is 0. The number of hydrogen-bond donors (Lipinski definition) is 0. The third-order valence-corrected chi connectivity index (χ3v) is 3.51. The van der Waals surface area contributed by atoms with Crippen molar-refractivity contribution in [1.29, 1.82) is 0 Å². The number of nitrogens with zero attached hydrogens (tertiary/aromatic N) is 1. The highest BCUT2D eigenvalue weighted by molar-refractivity contribution is 5.79. The lowest BCUT2D eigenvalue weighted by molar-refractivity contribution is 0.306. The standard InChI is InChI=1S/C20H25NO/c1-2-3-4-8-15-21-16-18-11-13-20(14-12-18)22-17-19-9-6-5-7-10-19/h5-7,9-14,16H,2-4,8,15,17H2,1H3/b21-16+. The van der Waals surface area contributed by atoms with E-state index in [4.69, 9.17) is 4.74 Å². The van der Waals surface area contributed by atoms with Crippen LogP contribution < -0.4 is 4.74 Å². The Morgan fingerprint density at radius 2 is 1.68 bits per heavy atom. The second-order valence-corrected chi connectivity index (χ2v) is 5.44. The summed E-state index contributed by atoms with van der Waals surface area (Å²) in [4.78, 5) is 4.47. The molecule has 0 aliphatic rings. The first-order valence-corrected chi connectivity index (χ1v) is 8.15. The Kier molecular flexibility index (Phi) is 7.24. The van der Waals surface area contributed by atoms with E-state index in [1.807, 2.05) is 36.5 Å². The minimum atomic E-state index is 0.603. The van der Waals surface area contributed by atoms with Gasteiger partial charge >= 0.3 is 0 Å². The Bertz CT molecular complexity index is 546. The monoisotopic (exact) mass is 295 g/mol. The van der Waals surface area contributed by atoms with Crippen LogP contribution in [0.5, 0.6) is 5.75 Å². The van der Waals surface area contributed by atoms with E-state index in [1.54, 1.807) is 0 Å². The molecule has 0 N–H and O–H groups in total. The van der Waals surface area contributed by atoms with Gasteiger partial charge in [-0.25, -0.2) is 0 Å². The minimum absolute atomic E-state index is 0.603. The topological polar surface area (TPSA) is 21.6 Å². The molecule has 0 radical (unpaired) electrons. The van der Waals surface area contributed by atoms with Gasteiger partial charge in [0.1, 0.15) is 12.4 Å². The number of ether oxygens (including phenoxy) is 1. The van der Waals surface area contributed by atoms with E-state index in [0.29, 0.717) is 6.61 Å². The molecule has 0 saturated heterocycles. The molecular formula is C20H25NO. The van der Waals surface area contributed by atoms with Gasteiger partial charge in [-0.15, -0.1) is 0 Å². The number of rotatable bonds is 9. The van der Waals surface area contributed by atoms with Crippen molar-refractivity contribution in [1.82, 2.24) is 0 Å². The van der Waals surface area contributed by atoms with E-state index < -0.39 is 0 Å². The zero-order valence-electron chi connectivity index (χ0n) is 13.4. The van der Waals surface area contributed by atoms with Gasteiger partial charge in [-0.3, -0.25) is 4.99 Å². The van der Waals surface area contributed by atoms with Gasteiger partial charge in [0.2, 0.25) is 0 Å². The smallest absolute Gasteiger partial charge is 0.119 e. The van der Waals surface area contributed by atoms with Crippen molar-refractivity contribution < 1.29 is 4.74 Å². The Morgan fingerprint density at radius 3 is 2.41 bits per heavy atom. The Labute approximate surface area is 133 Å². The summed E-state index contributed by atoms with van der Waals surface area (Å²) in [6.07, 6.45) is 6.99. The number of unbranched alkanes of at least 4 members (excludes halogenated alkanes) is 3. The second-order valence-electron chi connectivity index (χ2n) is 5.44. The largest absolute Gasteiger partial charge is 0.489 e. The molecule has 2 heteroatoms. The maximum absolute atomic E-state index is 5.77. The molecule has 2 rings (SSSR count). The van der Waals surface area contributed by atoms with Crippen LogP contribution in [-0.4, -0.2) is 12.8 Å². The van der Waals surface area contributed by atoms with Gasteiger partial charge < -0.3 is 4.74 Å². The number of aliphatic imine (C=N–C) groups is 1. The molecule has 0 aliphatic heterocycles. The molecule has 0 amide bonds. The maximum Gasteiger partial charge on any atom is 0.119 e. The van der Waals surface area contributed by atoms with E-state index in [-0.39, 0.29) is 0 Å². The van der Waals surface area contributed by atoms with Crippen molar-refractivity contribution in [3.05, 3.63) is 65.7 Å². The molecule has 0 saturated carbocycles. The fraction of sp³-hybridized carbons (Fsp3) is 0.350. The zero-order chi connectivity index (χ0) is 15.5. The Hall–Kier alpha value is -2.09. The summed E-state index contributed by atoms with van der Waals surface area (Å²) < 4.78 is 5.77. The van der Waals surface area contributed by atoms with Crippen molar-refractivity contribution in [3.8, 4) is 5.75 Å². The minimum Gasteiger partial charge on any atom is -0.489 e. The molecule has 0 aromatic heterocycles. The quantitative estimate of drug-likeness (QED) is 0.456. The lowest BCUT2D eigenvalue weighted by Gasteiger charge is -2.06. The molecule has 2 aromatic rings. The normalized spacial score (nSPS) is 11.0. The Balaban J connectivity index is 1.74. The van der Waals surface area contributed by atoms with Crippen LogP contribution in [0.15, 0.2) is 59.6 Å². The predicted molar refractivity (Wildman–Crippen MR) is 93.8 cm³/mol. The fourth-order valence-corrected chi connectivity index (χ4v) is 2.19. The zero-order valence-corrected chi connectivity index (χ0v) is 13.4. The molecule has 0 unspecified atom stereocenters. The average Bonchev–Trinajstić information content (AvgIpc) is 2.58. The van der Waals surface area contributed by atoms with E-state index in [9.17, 15) is 0 Å². The first kappa shape index (κ1) is 16.3. The van der Waals surface area contributed by atoms with Gasteiger partial charge in [-0.05, 0) is 41.8 Å². The summed E-state index contributed by atoms with van der Waals surface area (Å²) in [5.74, 6) is 0.893. The lowest BCUT2D eigenvalue weighted by atomic mass is 10.2. The molecule has 0 bridgehead atoms. The Morgan fingerprint density at radius 1 is 0.909 bits per heavy atom. The van der Waals surface area contributed by atoms with Crippen LogP contribution in [0.3, 0.4) is 0 Å². The summed E-state index contributed by atoms with van der Waals surface area (Å²) in [6, 6.07) is 18.3. The molecule has 0 spiro atoms. The van der Waals surface area contributed by atoms with Crippen molar-refractivity contribution in [2.45, 2.75) is 39.2 Å². The third-order valence-electron chi connectivity index (χ3n) is 3.51. The molecule has 2 nitrogen and oxygen atoms in total. The predicted octanol–water partition coefficient (Wildman–Crippen LogP) is 5.26. The molecule has 22 heavy (non-hydrogen) atoms. The van der Waals surface area contributed by atoms with Gasteiger partial charge in [-0.1, -0.05) is 56.5 Å². The highest BCUT2D eigenvalue weighted by Crippen LogP contribution is 2.13. The van der Waals surface area contributed by atoms with Crippen LogP contribution >= 0.6 is 0 Å². The van der Waals surface area contributed by atoms with Crippen LogP contribution in [0.25, 0.3) is 0 Å². The van der Waals surface area contributed by atoms with Crippen LogP contribution in [0.2, 0.25) is 0 Å². The number of hydrogen-bond acceptors (Lipinski definition) is 2. The summed E-state index contributed by atoms with van der Waals surface area (Å²) in [5, 5.41) is 0. The van der Waals surface area contributed by atoms with Gasteiger partial charge in [0.05, 0.1) is 0 Å². The third kappa shape index (κ3) is 6.13. The molecule has 0 atom stereocenters. The highest BCUT2D eigenvalue weighted by Gasteiger charge is 1.95. The molecule has 0 aliphatic carbocycles. The van der Waals surface area contributed by atoms with Crippen molar-refractivity contribution in [2.24, 2.45) is 4.99 Å². The van der Waals surface area contributed by atoms with E-state index in [2.05, 4.69) is 36.2 Å². The molecular weight excluding hydrogens is 270 g/mol. The average molecular weight is 295 g/mol. The van der Waals surface area contributed by atoms with Gasteiger partial charge in [0.15, 0.2) is 0 Å². The van der Waals surface area contributed by atoms with Crippen LogP contribution in [0.1, 0.15) is 43.7 Å². The lowest BCUT2D eigenvalue weighted by Crippen LogP contribution is -1.95.